The second kappa shape index (κ2) is 8.81. The number of anilines is 1. The Kier molecular flexibility index (Phi) is 6.48. The summed E-state index contributed by atoms with van der Waals surface area (Å²) in [5, 5.41) is 5.00. The quantitative estimate of drug-likeness (QED) is 0.717. The van der Waals surface area contributed by atoms with Gasteiger partial charge in [-0.2, -0.15) is 0 Å². The van der Waals surface area contributed by atoms with E-state index >= 15 is 0 Å². The Morgan fingerprint density at radius 2 is 1.92 bits per heavy atom. The summed E-state index contributed by atoms with van der Waals surface area (Å²) in [7, 11) is 2.01. The number of rotatable bonds is 4. The summed E-state index contributed by atoms with van der Waals surface area (Å²) < 4.78 is 3.07. The van der Waals surface area contributed by atoms with Crippen molar-refractivity contribution in [1.82, 2.24) is 4.57 Å². The number of carbonyl (C=O) groups is 1. The number of amides is 1. The second-order valence-corrected chi connectivity index (χ2v) is 8.33. The molecule has 0 spiro atoms. The molecule has 0 atom stereocenters. The molecule has 0 unspecified atom stereocenters. The highest BCUT2D eigenvalue weighted by atomic mass is 79.9. The summed E-state index contributed by atoms with van der Waals surface area (Å²) in [6, 6.07) is 8.07. The minimum Gasteiger partial charge on any atom is -0.326 e. The van der Waals surface area contributed by atoms with E-state index in [2.05, 4.69) is 31.2 Å². The molecule has 2 aromatic rings. The lowest BCUT2D eigenvalue weighted by Crippen LogP contribution is -2.21. The van der Waals surface area contributed by atoms with Gasteiger partial charge in [0, 0.05) is 28.3 Å². The fraction of sp³-hybridized carbons (Fsp3) is 0.474. The highest BCUT2D eigenvalue weighted by Crippen LogP contribution is 2.19. The fourth-order valence-electron chi connectivity index (χ4n) is 3.12. The molecule has 1 heterocycles. The van der Waals surface area contributed by atoms with E-state index in [0.717, 1.165) is 20.7 Å². The topological polar surface area (TPSA) is 46.4 Å². The second-order valence-electron chi connectivity index (χ2n) is 6.57. The minimum absolute atomic E-state index is 0.00302. The maximum atomic E-state index is 12.3. The standard InChI is InChI=1S/C19H24BrN3OS/c1-23-17(12-18(24)21-16-10-8-14(20)9-11-16)13-25-19(23)22-15-6-4-2-3-5-7-15/h8-11,13,15H,2-7,12H2,1H3,(H,21,24). The van der Waals surface area contributed by atoms with Gasteiger partial charge in [0.05, 0.1) is 12.5 Å². The normalized spacial score (nSPS) is 16.6. The third-order valence-corrected chi connectivity index (χ3v) is 6.11. The van der Waals surface area contributed by atoms with Gasteiger partial charge in [-0.15, -0.1) is 11.3 Å². The monoisotopic (exact) mass is 421 g/mol. The molecule has 25 heavy (non-hydrogen) atoms. The van der Waals surface area contributed by atoms with Crippen LogP contribution in [0.4, 0.5) is 5.69 Å². The van der Waals surface area contributed by atoms with Gasteiger partial charge in [0.1, 0.15) is 0 Å². The first kappa shape index (κ1) is 18.4. The minimum atomic E-state index is -0.00302. The van der Waals surface area contributed by atoms with Crippen LogP contribution in [0.1, 0.15) is 44.2 Å². The molecule has 0 bridgehead atoms. The van der Waals surface area contributed by atoms with Crippen LogP contribution in [-0.4, -0.2) is 16.5 Å². The number of nitrogens with one attached hydrogen (secondary N) is 1. The van der Waals surface area contributed by atoms with Crippen molar-refractivity contribution in [2.24, 2.45) is 12.0 Å². The van der Waals surface area contributed by atoms with Crippen molar-refractivity contribution in [3.8, 4) is 0 Å². The lowest BCUT2D eigenvalue weighted by Gasteiger charge is -2.08. The lowest BCUT2D eigenvalue weighted by molar-refractivity contribution is -0.115. The molecule has 1 fully saturated rings. The highest BCUT2D eigenvalue weighted by Gasteiger charge is 2.13. The van der Waals surface area contributed by atoms with E-state index in [-0.39, 0.29) is 5.91 Å². The predicted molar refractivity (Wildman–Crippen MR) is 107 cm³/mol. The first-order chi connectivity index (χ1) is 12.1. The molecule has 3 rings (SSSR count). The zero-order valence-electron chi connectivity index (χ0n) is 14.5. The molecule has 6 heteroatoms. The molecule has 1 amide bonds. The molecule has 0 radical (unpaired) electrons. The molecule has 4 nitrogen and oxygen atoms in total. The van der Waals surface area contributed by atoms with Crippen molar-refractivity contribution in [3.05, 3.63) is 44.6 Å². The van der Waals surface area contributed by atoms with Crippen molar-refractivity contribution in [2.45, 2.75) is 51.0 Å². The third kappa shape index (κ3) is 5.28. The van der Waals surface area contributed by atoms with E-state index in [9.17, 15) is 4.79 Å². The molecule has 1 aromatic carbocycles. The number of thiazole rings is 1. The Labute approximate surface area is 161 Å². The molecule has 0 aliphatic heterocycles. The summed E-state index contributed by atoms with van der Waals surface area (Å²) >= 11 is 5.04. The van der Waals surface area contributed by atoms with Crippen molar-refractivity contribution < 1.29 is 4.79 Å². The third-order valence-electron chi connectivity index (χ3n) is 4.61. The van der Waals surface area contributed by atoms with E-state index < -0.39 is 0 Å². The SMILES string of the molecule is Cn1c(CC(=O)Nc2ccc(Br)cc2)csc1=NC1CCCCCC1. The molecule has 0 saturated heterocycles. The van der Waals surface area contributed by atoms with E-state index in [4.69, 9.17) is 4.99 Å². The van der Waals surface area contributed by atoms with Gasteiger partial charge in [0.25, 0.3) is 0 Å². The van der Waals surface area contributed by atoms with Gasteiger partial charge in [-0.25, -0.2) is 0 Å². The van der Waals surface area contributed by atoms with Gasteiger partial charge in [-0.05, 0) is 37.1 Å². The Morgan fingerprint density at radius 1 is 1.24 bits per heavy atom. The fourth-order valence-corrected chi connectivity index (χ4v) is 4.36. The Balaban J connectivity index is 1.66. The van der Waals surface area contributed by atoms with E-state index in [1.807, 2.05) is 31.3 Å². The van der Waals surface area contributed by atoms with Crippen molar-refractivity contribution in [1.29, 1.82) is 0 Å². The van der Waals surface area contributed by atoms with Crippen LogP contribution in [0.15, 0.2) is 39.1 Å². The molecule has 1 N–H and O–H groups in total. The predicted octanol–water partition coefficient (Wildman–Crippen LogP) is 4.65. The van der Waals surface area contributed by atoms with Crippen molar-refractivity contribution in [2.75, 3.05) is 5.32 Å². The molecule has 1 saturated carbocycles. The molecule has 134 valence electrons. The van der Waals surface area contributed by atoms with Crippen LogP contribution in [-0.2, 0) is 18.3 Å². The van der Waals surface area contributed by atoms with Crippen molar-refractivity contribution >= 4 is 38.9 Å². The summed E-state index contributed by atoms with van der Waals surface area (Å²) in [5.41, 5.74) is 1.82. The smallest absolute Gasteiger partial charge is 0.230 e. The lowest BCUT2D eigenvalue weighted by atomic mass is 10.1. The number of hydrogen-bond donors (Lipinski definition) is 1. The summed E-state index contributed by atoms with van der Waals surface area (Å²) in [5.74, 6) is -0.00302. The Hall–Kier alpha value is -1.40. The number of benzene rings is 1. The van der Waals surface area contributed by atoms with Crippen LogP contribution in [0, 0.1) is 0 Å². The summed E-state index contributed by atoms with van der Waals surface area (Å²) in [4.78, 5) is 18.3. The number of carbonyl (C=O) groups excluding carboxylic acids is 1. The Morgan fingerprint density at radius 3 is 2.60 bits per heavy atom. The number of aromatic nitrogens is 1. The van der Waals surface area contributed by atoms with E-state index in [0.29, 0.717) is 12.5 Å². The van der Waals surface area contributed by atoms with Gasteiger partial charge in [0.15, 0.2) is 4.80 Å². The molecule has 1 aliphatic carbocycles. The zero-order valence-corrected chi connectivity index (χ0v) is 16.9. The summed E-state index contributed by atoms with van der Waals surface area (Å²) in [6.07, 6.45) is 7.99. The molecular formula is C19H24BrN3OS. The highest BCUT2D eigenvalue weighted by molar-refractivity contribution is 9.10. The summed E-state index contributed by atoms with van der Waals surface area (Å²) in [6.45, 7) is 0. The Bertz CT molecular complexity index is 771. The van der Waals surface area contributed by atoms with Gasteiger partial charge >= 0.3 is 0 Å². The maximum Gasteiger partial charge on any atom is 0.230 e. The van der Waals surface area contributed by atoms with Gasteiger partial charge in [-0.1, -0.05) is 41.6 Å². The van der Waals surface area contributed by atoms with Gasteiger partial charge in [-0.3, -0.25) is 9.79 Å². The van der Waals surface area contributed by atoms with Crippen molar-refractivity contribution in [3.63, 3.8) is 0 Å². The van der Waals surface area contributed by atoms with Crippen LogP contribution >= 0.6 is 27.3 Å². The molecule has 1 aromatic heterocycles. The number of halogens is 1. The molecule has 1 aliphatic rings. The average Bonchev–Trinajstić information content (AvgIpc) is 2.79. The first-order valence-electron chi connectivity index (χ1n) is 8.84. The number of hydrogen-bond acceptors (Lipinski definition) is 3. The van der Waals surface area contributed by atoms with Crippen LogP contribution in [0.2, 0.25) is 0 Å². The number of nitrogens with zero attached hydrogens (tertiary/aromatic N) is 2. The van der Waals surface area contributed by atoms with Crippen LogP contribution in [0.5, 0.6) is 0 Å². The van der Waals surface area contributed by atoms with Crippen LogP contribution in [0.3, 0.4) is 0 Å². The van der Waals surface area contributed by atoms with Crippen LogP contribution < -0.4 is 10.1 Å². The van der Waals surface area contributed by atoms with Gasteiger partial charge in [0.2, 0.25) is 5.91 Å². The maximum absolute atomic E-state index is 12.3. The van der Waals surface area contributed by atoms with E-state index in [1.54, 1.807) is 11.3 Å². The van der Waals surface area contributed by atoms with Crippen LogP contribution in [0.25, 0.3) is 0 Å². The zero-order chi connectivity index (χ0) is 17.6. The largest absolute Gasteiger partial charge is 0.326 e. The first-order valence-corrected chi connectivity index (χ1v) is 10.5. The molecular weight excluding hydrogens is 398 g/mol. The van der Waals surface area contributed by atoms with E-state index in [1.165, 1.54) is 38.5 Å². The van der Waals surface area contributed by atoms with Gasteiger partial charge < -0.3 is 9.88 Å². The average molecular weight is 422 g/mol.